The van der Waals surface area contributed by atoms with Crippen LogP contribution in [0.4, 0.5) is 0 Å². The average molecular weight is 175 g/mol. The van der Waals surface area contributed by atoms with Crippen LogP contribution in [0.5, 0.6) is 5.75 Å². The van der Waals surface area contributed by atoms with Crippen LogP contribution in [0.3, 0.4) is 0 Å². The highest BCUT2D eigenvalue weighted by molar-refractivity contribution is 5.40. The highest BCUT2D eigenvalue weighted by Crippen LogP contribution is 2.17. The molecule has 0 radical (unpaired) electrons. The van der Waals surface area contributed by atoms with Gasteiger partial charge in [0.15, 0.2) is 0 Å². The summed E-state index contributed by atoms with van der Waals surface area (Å²) in [4.78, 5) is 3.85. The molecule has 1 aromatic heterocycles. The molecule has 0 aromatic carbocycles. The van der Waals surface area contributed by atoms with Crippen molar-refractivity contribution in [2.24, 2.45) is 0 Å². The van der Waals surface area contributed by atoms with Crippen LogP contribution >= 0.6 is 0 Å². The van der Waals surface area contributed by atoms with Gasteiger partial charge in [-0.3, -0.25) is 4.98 Å². The molecule has 0 saturated carbocycles. The van der Waals surface area contributed by atoms with Gasteiger partial charge in [-0.2, -0.15) is 5.26 Å². The number of nitrogens with one attached hydrogen (secondary N) is 1. The fourth-order valence-corrected chi connectivity index (χ4v) is 1.09. The van der Waals surface area contributed by atoms with E-state index in [1.54, 1.807) is 12.3 Å². The van der Waals surface area contributed by atoms with Gasteiger partial charge < -0.3 is 10.1 Å². The first-order chi connectivity index (χ1) is 6.40. The Bertz CT molecular complexity index is 341. The van der Waals surface area contributed by atoms with Gasteiger partial charge in [-0.05, 0) is 6.07 Å². The second-order valence-electron chi connectivity index (χ2n) is 2.88. The van der Waals surface area contributed by atoms with Gasteiger partial charge in [0.05, 0.1) is 0 Å². The van der Waals surface area contributed by atoms with E-state index in [1.165, 1.54) is 6.20 Å². The third kappa shape index (κ3) is 1.60. The second-order valence-corrected chi connectivity index (χ2v) is 2.88. The molecule has 1 N–H and O–H groups in total. The van der Waals surface area contributed by atoms with Gasteiger partial charge in [0.25, 0.3) is 0 Å². The maximum atomic E-state index is 8.74. The average Bonchev–Trinajstić information content (AvgIpc) is 2.12. The largest absolute Gasteiger partial charge is 0.486 e. The van der Waals surface area contributed by atoms with Crippen molar-refractivity contribution in [3.63, 3.8) is 0 Å². The molecule has 0 spiro atoms. The van der Waals surface area contributed by atoms with Crippen LogP contribution < -0.4 is 10.1 Å². The molecule has 0 unspecified atom stereocenters. The lowest BCUT2D eigenvalue weighted by molar-refractivity contribution is 0.141. The minimum Gasteiger partial charge on any atom is -0.486 e. The number of ether oxygens (including phenoxy) is 1. The molecule has 4 heteroatoms. The number of aromatic nitrogens is 1. The molecule has 0 aliphatic carbocycles. The highest BCUT2D eigenvalue weighted by atomic mass is 16.5. The maximum Gasteiger partial charge on any atom is 0.140 e. The van der Waals surface area contributed by atoms with E-state index < -0.39 is 0 Å². The molecule has 2 heterocycles. The quantitative estimate of drug-likeness (QED) is 0.702. The summed E-state index contributed by atoms with van der Waals surface area (Å²) in [6.07, 6.45) is 3.35. The van der Waals surface area contributed by atoms with Crippen molar-refractivity contribution < 1.29 is 4.74 Å². The Balaban J connectivity index is 2.14. The smallest absolute Gasteiger partial charge is 0.140 e. The van der Waals surface area contributed by atoms with E-state index in [1.807, 2.05) is 6.07 Å². The Morgan fingerprint density at radius 3 is 3.08 bits per heavy atom. The molecule has 1 saturated heterocycles. The lowest BCUT2D eigenvalue weighted by atomic mass is 10.2. The van der Waals surface area contributed by atoms with Crippen LogP contribution in [0.25, 0.3) is 0 Å². The van der Waals surface area contributed by atoms with Crippen molar-refractivity contribution in [1.29, 1.82) is 5.26 Å². The van der Waals surface area contributed by atoms with Crippen molar-refractivity contribution in [1.82, 2.24) is 10.3 Å². The fraction of sp³-hybridized carbons (Fsp3) is 0.333. The summed E-state index contributed by atoms with van der Waals surface area (Å²) >= 11 is 0. The molecule has 0 amide bonds. The van der Waals surface area contributed by atoms with E-state index in [4.69, 9.17) is 10.00 Å². The third-order valence-corrected chi connectivity index (χ3v) is 1.94. The molecule has 4 nitrogen and oxygen atoms in total. The molecule has 2 rings (SSSR count). The van der Waals surface area contributed by atoms with Crippen molar-refractivity contribution in [2.45, 2.75) is 6.10 Å². The molecular formula is C9H9N3O. The van der Waals surface area contributed by atoms with E-state index in [0.29, 0.717) is 11.3 Å². The van der Waals surface area contributed by atoms with Crippen molar-refractivity contribution in [3.05, 3.63) is 24.0 Å². The molecule has 13 heavy (non-hydrogen) atoms. The molecule has 66 valence electrons. The Morgan fingerprint density at radius 2 is 2.46 bits per heavy atom. The number of hydrogen-bond acceptors (Lipinski definition) is 4. The molecule has 1 fully saturated rings. The SMILES string of the molecule is N#Cc1cnccc1OC1CNC1. The van der Waals surface area contributed by atoms with Gasteiger partial charge in [0.2, 0.25) is 0 Å². The number of nitrogens with zero attached hydrogens (tertiary/aromatic N) is 2. The van der Waals surface area contributed by atoms with E-state index >= 15 is 0 Å². The maximum absolute atomic E-state index is 8.74. The zero-order valence-electron chi connectivity index (χ0n) is 7.03. The van der Waals surface area contributed by atoms with Crippen LogP contribution in [0, 0.1) is 11.3 Å². The Morgan fingerprint density at radius 1 is 1.62 bits per heavy atom. The summed E-state index contributed by atoms with van der Waals surface area (Å²) in [5, 5.41) is 11.8. The Labute approximate surface area is 76.2 Å². The van der Waals surface area contributed by atoms with E-state index in [0.717, 1.165) is 13.1 Å². The van der Waals surface area contributed by atoms with Crippen LogP contribution in [-0.2, 0) is 0 Å². The van der Waals surface area contributed by atoms with E-state index in [2.05, 4.69) is 10.3 Å². The van der Waals surface area contributed by atoms with Gasteiger partial charge in [0, 0.05) is 25.5 Å². The van der Waals surface area contributed by atoms with E-state index in [9.17, 15) is 0 Å². The summed E-state index contributed by atoms with van der Waals surface area (Å²) < 4.78 is 5.55. The highest BCUT2D eigenvalue weighted by Gasteiger charge is 2.19. The summed E-state index contributed by atoms with van der Waals surface area (Å²) in [7, 11) is 0. The monoisotopic (exact) mass is 175 g/mol. The van der Waals surface area contributed by atoms with Crippen LogP contribution in [-0.4, -0.2) is 24.2 Å². The third-order valence-electron chi connectivity index (χ3n) is 1.94. The normalized spacial score (nSPS) is 15.9. The van der Waals surface area contributed by atoms with Gasteiger partial charge in [0.1, 0.15) is 23.5 Å². The zero-order valence-corrected chi connectivity index (χ0v) is 7.03. The summed E-state index contributed by atoms with van der Waals surface area (Å²) in [5.74, 6) is 0.629. The van der Waals surface area contributed by atoms with Crippen LogP contribution in [0.15, 0.2) is 18.5 Å². The number of rotatable bonds is 2. The fourth-order valence-electron chi connectivity index (χ4n) is 1.09. The summed E-state index contributed by atoms with van der Waals surface area (Å²) in [5.41, 5.74) is 0.495. The molecule has 0 atom stereocenters. The Kier molecular flexibility index (Phi) is 2.11. The van der Waals surface area contributed by atoms with Crippen molar-refractivity contribution >= 4 is 0 Å². The predicted molar refractivity (Wildman–Crippen MR) is 46.2 cm³/mol. The second kappa shape index (κ2) is 3.42. The molecular weight excluding hydrogens is 166 g/mol. The molecule has 1 aromatic rings. The lowest BCUT2D eigenvalue weighted by Crippen LogP contribution is -2.50. The van der Waals surface area contributed by atoms with Crippen LogP contribution in [0.2, 0.25) is 0 Å². The molecule has 1 aliphatic rings. The minimum atomic E-state index is 0.203. The lowest BCUT2D eigenvalue weighted by Gasteiger charge is -2.27. The summed E-state index contributed by atoms with van der Waals surface area (Å²) in [6, 6.07) is 3.76. The Hall–Kier alpha value is -1.60. The first-order valence-corrected chi connectivity index (χ1v) is 4.11. The molecule has 1 aliphatic heterocycles. The van der Waals surface area contributed by atoms with E-state index in [-0.39, 0.29) is 6.10 Å². The number of pyridine rings is 1. The van der Waals surface area contributed by atoms with Gasteiger partial charge in [-0.1, -0.05) is 0 Å². The summed E-state index contributed by atoms with van der Waals surface area (Å²) in [6.45, 7) is 1.71. The number of hydrogen-bond donors (Lipinski definition) is 1. The first kappa shape index (κ1) is 8.02. The van der Waals surface area contributed by atoms with Crippen molar-refractivity contribution in [3.8, 4) is 11.8 Å². The topological polar surface area (TPSA) is 57.9 Å². The van der Waals surface area contributed by atoms with Gasteiger partial charge in [-0.15, -0.1) is 0 Å². The van der Waals surface area contributed by atoms with Gasteiger partial charge in [-0.25, -0.2) is 0 Å². The predicted octanol–water partition coefficient (Wildman–Crippen LogP) is 0.304. The minimum absolute atomic E-state index is 0.203. The van der Waals surface area contributed by atoms with Crippen LogP contribution in [0.1, 0.15) is 5.56 Å². The number of nitriles is 1. The van der Waals surface area contributed by atoms with Gasteiger partial charge >= 0.3 is 0 Å². The zero-order chi connectivity index (χ0) is 9.10. The first-order valence-electron chi connectivity index (χ1n) is 4.11. The standard InChI is InChI=1S/C9H9N3O/c10-3-7-4-11-2-1-9(7)13-8-5-12-6-8/h1-2,4,8,12H,5-6H2. The molecule has 0 bridgehead atoms. The van der Waals surface area contributed by atoms with Crippen molar-refractivity contribution in [2.75, 3.05) is 13.1 Å².